The second-order valence-corrected chi connectivity index (χ2v) is 5.39. The van der Waals surface area contributed by atoms with Crippen LogP contribution in [0.5, 0.6) is 0 Å². The summed E-state index contributed by atoms with van der Waals surface area (Å²) in [5, 5.41) is 3.31. The van der Waals surface area contributed by atoms with Gasteiger partial charge in [-0.3, -0.25) is 4.90 Å². The van der Waals surface area contributed by atoms with Gasteiger partial charge in [-0.25, -0.2) is 4.79 Å². The molecule has 0 radical (unpaired) electrons. The van der Waals surface area contributed by atoms with Crippen molar-refractivity contribution < 1.29 is 14.3 Å². The maximum absolute atomic E-state index is 12.0. The van der Waals surface area contributed by atoms with Crippen LogP contribution in [0.3, 0.4) is 0 Å². The third-order valence-electron chi connectivity index (χ3n) is 2.77. The molecule has 1 N–H and O–H groups in total. The molecule has 0 unspecified atom stereocenters. The summed E-state index contributed by atoms with van der Waals surface area (Å²) in [4.78, 5) is 13.9. The van der Waals surface area contributed by atoms with Gasteiger partial charge in [0.1, 0.15) is 5.60 Å². The lowest BCUT2D eigenvalue weighted by molar-refractivity contribution is -0.0717. The van der Waals surface area contributed by atoms with Crippen LogP contribution >= 0.6 is 0 Å². The van der Waals surface area contributed by atoms with Crippen molar-refractivity contribution in [2.75, 3.05) is 26.3 Å². The Kier molecular flexibility index (Phi) is 3.08. The maximum Gasteiger partial charge on any atom is 0.411 e. The van der Waals surface area contributed by atoms with Crippen molar-refractivity contribution in [3.8, 4) is 0 Å². The van der Waals surface area contributed by atoms with E-state index in [2.05, 4.69) is 5.32 Å². The predicted octanol–water partition coefficient (Wildman–Crippen LogP) is 0.594. The molecule has 2 bridgehead atoms. The Labute approximate surface area is 96.1 Å². The van der Waals surface area contributed by atoms with Crippen molar-refractivity contribution in [2.45, 2.75) is 38.5 Å². The number of hydrogen-bond acceptors (Lipinski definition) is 4. The molecule has 0 aliphatic carbocycles. The summed E-state index contributed by atoms with van der Waals surface area (Å²) in [6.07, 6.45) is -0.215. The number of carbonyl (C=O) groups is 1. The number of rotatable bonds is 0. The third-order valence-corrected chi connectivity index (χ3v) is 2.77. The molecule has 16 heavy (non-hydrogen) atoms. The fourth-order valence-electron chi connectivity index (χ4n) is 2.14. The Balaban J connectivity index is 2.04. The van der Waals surface area contributed by atoms with E-state index in [0.717, 1.165) is 13.1 Å². The number of amides is 1. The predicted molar refractivity (Wildman–Crippen MR) is 59.3 cm³/mol. The number of ether oxygens (including phenoxy) is 2. The SMILES string of the molecule is CC(C)(C)OC(=O)N1[C@H]2CNC[C@H]1COC2. The number of fused-ring (bicyclic) bond motifs is 2. The first-order valence-electron chi connectivity index (χ1n) is 5.77. The first kappa shape index (κ1) is 11.7. The quantitative estimate of drug-likeness (QED) is 0.659. The van der Waals surface area contributed by atoms with Crippen LogP contribution in [0.2, 0.25) is 0 Å². The minimum absolute atomic E-state index is 0.113. The average Bonchev–Trinajstić information content (AvgIpc) is 2.13. The molecule has 2 rings (SSSR count). The molecule has 2 aliphatic rings. The van der Waals surface area contributed by atoms with Gasteiger partial charge in [0.05, 0.1) is 25.3 Å². The Hall–Kier alpha value is -0.810. The molecule has 0 aromatic rings. The van der Waals surface area contributed by atoms with Crippen LogP contribution in [-0.2, 0) is 9.47 Å². The molecule has 2 atom stereocenters. The zero-order valence-electron chi connectivity index (χ0n) is 10.2. The van der Waals surface area contributed by atoms with Crippen LogP contribution in [0, 0.1) is 0 Å². The van der Waals surface area contributed by atoms with Crippen LogP contribution in [-0.4, -0.2) is 55.0 Å². The molecule has 1 amide bonds. The lowest BCUT2D eigenvalue weighted by Crippen LogP contribution is -2.65. The van der Waals surface area contributed by atoms with Crippen molar-refractivity contribution >= 4 is 6.09 Å². The molecule has 2 heterocycles. The van der Waals surface area contributed by atoms with Gasteiger partial charge in [-0.2, -0.15) is 0 Å². The van der Waals surface area contributed by atoms with Crippen LogP contribution in [0.1, 0.15) is 20.8 Å². The molecule has 2 saturated heterocycles. The summed E-state index contributed by atoms with van der Waals surface area (Å²) in [7, 11) is 0. The van der Waals surface area contributed by atoms with Gasteiger partial charge >= 0.3 is 6.09 Å². The monoisotopic (exact) mass is 228 g/mol. The molecule has 5 heteroatoms. The fourth-order valence-corrected chi connectivity index (χ4v) is 2.14. The van der Waals surface area contributed by atoms with E-state index in [0.29, 0.717) is 13.2 Å². The van der Waals surface area contributed by atoms with Crippen LogP contribution < -0.4 is 5.32 Å². The summed E-state index contributed by atoms with van der Waals surface area (Å²) >= 11 is 0. The van der Waals surface area contributed by atoms with Gasteiger partial charge < -0.3 is 14.8 Å². The normalized spacial score (nSPS) is 30.1. The Morgan fingerprint density at radius 3 is 2.38 bits per heavy atom. The number of nitrogens with zero attached hydrogens (tertiary/aromatic N) is 1. The van der Waals surface area contributed by atoms with Gasteiger partial charge in [0.2, 0.25) is 0 Å². The largest absolute Gasteiger partial charge is 0.444 e. The lowest BCUT2D eigenvalue weighted by Gasteiger charge is -2.45. The Bertz CT molecular complexity index is 253. The van der Waals surface area contributed by atoms with Crippen molar-refractivity contribution in [2.24, 2.45) is 0 Å². The molecule has 2 aliphatic heterocycles. The van der Waals surface area contributed by atoms with E-state index in [9.17, 15) is 4.79 Å². The summed E-state index contributed by atoms with van der Waals surface area (Å²) < 4.78 is 10.9. The van der Waals surface area contributed by atoms with Crippen molar-refractivity contribution in [1.29, 1.82) is 0 Å². The first-order valence-corrected chi connectivity index (χ1v) is 5.77. The highest BCUT2D eigenvalue weighted by Gasteiger charge is 2.39. The molecule has 92 valence electrons. The highest BCUT2D eigenvalue weighted by molar-refractivity contribution is 5.69. The summed E-state index contributed by atoms with van der Waals surface area (Å²) in [5.41, 5.74) is -0.433. The second kappa shape index (κ2) is 4.22. The third kappa shape index (κ3) is 2.47. The molecule has 0 saturated carbocycles. The molecular formula is C11H20N2O3. The van der Waals surface area contributed by atoms with Gasteiger partial charge in [-0.15, -0.1) is 0 Å². The van der Waals surface area contributed by atoms with E-state index < -0.39 is 5.60 Å². The summed E-state index contributed by atoms with van der Waals surface area (Å²) in [6.45, 7) is 8.44. The fraction of sp³-hybridized carbons (Fsp3) is 0.909. The minimum Gasteiger partial charge on any atom is -0.444 e. The lowest BCUT2D eigenvalue weighted by atomic mass is 10.1. The van der Waals surface area contributed by atoms with Crippen LogP contribution in [0.4, 0.5) is 4.79 Å². The van der Waals surface area contributed by atoms with E-state index in [1.165, 1.54) is 0 Å². The highest BCUT2D eigenvalue weighted by atomic mass is 16.6. The van der Waals surface area contributed by atoms with Crippen molar-refractivity contribution in [3.63, 3.8) is 0 Å². The zero-order chi connectivity index (χ0) is 11.8. The molecule has 5 nitrogen and oxygen atoms in total. The summed E-state index contributed by atoms with van der Waals surface area (Å²) in [5.74, 6) is 0. The van der Waals surface area contributed by atoms with Gasteiger partial charge in [-0.1, -0.05) is 0 Å². The number of hydrogen-bond donors (Lipinski definition) is 1. The summed E-state index contributed by atoms with van der Waals surface area (Å²) in [6, 6.07) is 0.227. The number of piperazine rings is 1. The standard InChI is InChI=1S/C11H20N2O3/c1-11(2,3)16-10(14)13-8-4-12-5-9(13)7-15-6-8/h8-9,12H,4-7H2,1-3H3/t8-,9-/m0/s1. The zero-order valence-corrected chi connectivity index (χ0v) is 10.2. The number of nitrogens with one attached hydrogen (secondary N) is 1. The first-order chi connectivity index (χ1) is 7.47. The Morgan fingerprint density at radius 1 is 1.31 bits per heavy atom. The van der Waals surface area contributed by atoms with Crippen LogP contribution in [0.25, 0.3) is 0 Å². The number of morpholine rings is 1. The molecule has 0 aromatic heterocycles. The minimum atomic E-state index is -0.433. The second-order valence-electron chi connectivity index (χ2n) is 5.39. The van der Waals surface area contributed by atoms with E-state index in [1.54, 1.807) is 0 Å². The average molecular weight is 228 g/mol. The molecule has 2 fully saturated rings. The smallest absolute Gasteiger partial charge is 0.411 e. The molecule has 0 aromatic carbocycles. The van der Waals surface area contributed by atoms with Gasteiger partial charge in [0.25, 0.3) is 0 Å². The van der Waals surface area contributed by atoms with E-state index in [1.807, 2.05) is 25.7 Å². The van der Waals surface area contributed by atoms with Crippen molar-refractivity contribution in [3.05, 3.63) is 0 Å². The van der Waals surface area contributed by atoms with Crippen molar-refractivity contribution in [1.82, 2.24) is 10.2 Å². The molecule has 0 spiro atoms. The maximum atomic E-state index is 12.0. The van der Waals surface area contributed by atoms with E-state index in [4.69, 9.17) is 9.47 Å². The highest BCUT2D eigenvalue weighted by Crippen LogP contribution is 2.20. The van der Waals surface area contributed by atoms with Crippen LogP contribution in [0.15, 0.2) is 0 Å². The van der Waals surface area contributed by atoms with E-state index in [-0.39, 0.29) is 18.2 Å². The van der Waals surface area contributed by atoms with Gasteiger partial charge in [-0.05, 0) is 20.8 Å². The topological polar surface area (TPSA) is 50.8 Å². The van der Waals surface area contributed by atoms with E-state index >= 15 is 0 Å². The molecular weight excluding hydrogens is 208 g/mol. The number of carbonyl (C=O) groups excluding carboxylic acids is 1. The Morgan fingerprint density at radius 2 is 1.88 bits per heavy atom. The van der Waals surface area contributed by atoms with Gasteiger partial charge in [0, 0.05) is 13.1 Å². The van der Waals surface area contributed by atoms with Gasteiger partial charge in [0.15, 0.2) is 0 Å².